The zero-order chi connectivity index (χ0) is 28.1. The van der Waals surface area contributed by atoms with Gasteiger partial charge in [-0.3, -0.25) is 9.69 Å². The number of benzene rings is 3. The van der Waals surface area contributed by atoms with E-state index in [0.717, 1.165) is 45.8 Å². The smallest absolute Gasteiger partial charge is 0.252 e. The monoisotopic (exact) mass is 538 g/mol. The van der Waals surface area contributed by atoms with Gasteiger partial charge in [0, 0.05) is 29.6 Å². The zero-order valence-corrected chi connectivity index (χ0v) is 23.3. The third-order valence-corrected chi connectivity index (χ3v) is 7.18. The molecule has 3 aromatic carbocycles. The molecule has 0 radical (unpaired) electrons. The summed E-state index contributed by atoms with van der Waals surface area (Å²) in [4.78, 5) is 18.5. The molecule has 40 heavy (non-hydrogen) atoms. The summed E-state index contributed by atoms with van der Waals surface area (Å²) in [6.45, 7) is 5.77. The van der Waals surface area contributed by atoms with Crippen LogP contribution < -0.4 is 15.0 Å². The lowest BCUT2D eigenvalue weighted by atomic mass is 10.1. The molecule has 206 valence electrons. The second kappa shape index (κ2) is 12.1. The van der Waals surface area contributed by atoms with E-state index in [-0.39, 0.29) is 11.6 Å². The van der Waals surface area contributed by atoms with Crippen LogP contribution in [-0.2, 0) is 19.6 Å². The number of aryl methyl sites for hydroxylation is 1. The fraction of sp³-hybridized carbons (Fsp3) is 0.290. The van der Waals surface area contributed by atoms with E-state index in [9.17, 15) is 4.79 Å². The number of aromatic nitrogens is 5. The molecule has 1 N–H and O–H groups in total. The van der Waals surface area contributed by atoms with Crippen molar-refractivity contribution >= 4 is 10.9 Å². The Morgan fingerprint density at radius 2 is 1.60 bits per heavy atom. The number of pyridine rings is 1. The number of nitrogens with one attached hydrogen (secondary N) is 1. The minimum atomic E-state index is -0.130. The summed E-state index contributed by atoms with van der Waals surface area (Å²) in [6, 6.07) is 23.8. The SMILES string of the molecule is CC[C@H](c1nnnn1Cc1ccc(OC)cc1)N(Cc1ccc(C)cc1)Cc1cc2cc(OC)ccc2[nH]c1=O. The molecule has 9 nitrogen and oxygen atoms in total. The van der Waals surface area contributed by atoms with E-state index in [1.54, 1.807) is 14.2 Å². The molecule has 0 saturated carbocycles. The molecule has 0 saturated heterocycles. The number of hydrogen-bond donors (Lipinski definition) is 1. The van der Waals surface area contributed by atoms with E-state index >= 15 is 0 Å². The number of nitrogens with zero attached hydrogens (tertiary/aromatic N) is 5. The van der Waals surface area contributed by atoms with E-state index in [4.69, 9.17) is 9.47 Å². The van der Waals surface area contributed by atoms with E-state index < -0.39 is 0 Å². The van der Waals surface area contributed by atoms with Gasteiger partial charge in [-0.05, 0) is 71.3 Å². The van der Waals surface area contributed by atoms with Crippen molar-refractivity contribution in [3.8, 4) is 11.5 Å². The highest BCUT2D eigenvalue weighted by atomic mass is 16.5. The topological polar surface area (TPSA) is 98.2 Å². The summed E-state index contributed by atoms with van der Waals surface area (Å²) in [5.74, 6) is 2.30. The number of fused-ring (bicyclic) bond motifs is 1. The summed E-state index contributed by atoms with van der Waals surface area (Å²) in [7, 11) is 3.29. The fourth-order valence-corrected chi connectivity index (χ4v) is 4.97. The minimum Gasteiger partial charge on any atom is -0.497 e. The van der Waals surface area contributed by atoms with Crippen LogP contribution in [0.15, 0.2) is 77.6 Å². The first kappa shape index (κ1) is 27.1. The summed E-state index contributed by atoms with van der Waals surface area (Å²) in [5.41, 5.74) is 4.74. The Morgan fingerprint density at radius 1 is 0.900 bits per heavy atom. The molecule has 2 aromatic heterocycles. The molecule has 0 aliphatic carbocycles. The highest BCUT2D eigenvalue weighted by Gasteiger charge is 2.26. The maximum atomic E-state index is 13.2. The summed E-state index contributed by atoms with van der Waals surface area (Å²) in [6.07, 6.45) is 0.758. The Bertz CT molecular complexity index is 1630. The van der Waals surface area contributed by atoms with Crippen LogP contribution in [0.1, 0.15) is 47.5 Å². The lowest BCUT2D eigenvalue weighted by Crippen LogP contribution is -2.32. The quantitative estimate of drug-likeness (QED) is 0.252. The van der Waals surface area contributed by atoms with Gasteiger partial charge in [-0.15, -0.1) is 5.10 Å². The number of aromatic amines is 1. The molecule has 0 spiro atoms. The Labute approximate surface area is 233 Å². The van der Waals surface area contributed by atoms with Crippen molar-refractivity contribution < 1.29 is 9.47 Å². The van der Waals surface area contributed by atoms with Crippen molar-refractivity contribution in [2.75, 3.05) is 14.2 Å². The molecule has 0 fully saturated rings. The van der Waals surface area contributed by atoms with Crippen molar-refractivity contribution in [1.29, 1.82) is 0 Å². The van der Waals surface area contributed by atoms with Crippen LogP contribution in [-0.4, -0.2) is 44.3 Å². The predicted octanol–water partition coefficient (Wildman–Crippen LogP) is 5.04. The normalized spacial score (nSPS) is 12.1. The molecular weight excluding hydrogens is 504 g/mol. The first-order valence-electron chi connectivity index (χ1n) is 13.4. The van der Waals surface area contributed by atoms with Gasteiger partial charge in [0.2, 0.25) is 0 Å². The van der Waals surface area contributed by atoms with Crippen molar-refractivity contribution in [3.63, 3.8) is 0 Å². The van der Waals surface area contributed by atoms with Gasteiger partial charge in [0.25, 0.3) is 5.56 Å². The third-order valence-electron chi connectivity index (χ3n) is 7.18. The number of tetrazole rings is 1. The van der Waals surface area contributed by atoms with E-state index in [1.807, 2.05) is 53.2 Å². The number of methoxy groups -OCH3 is 2. The molecule has 0 amide bonds. The molecule has 5 rings (SSSR count). The minimum absolute atomic E-state index is 0.112. The maximum absolute atomic E-state index is 13.2. The second-order valence-corrected chi connectivity index (χ2v) is 9.93. The Hall–Kier alpha value is -4.50. The second-order valence-electron chi connectivity index (χ2n) is 9.93. The van der Waals surface area contributed by atoms with Gasteiger partial charge < -0.3 is 14.5 Å². The molecule has 0 aliphatic rings. The average Bonchev–Trinajstić information content (AvgIpc) is 3.42. The first-order chi connectivity index (χ1) is 19.5. The number of rotatable bonds is 11. The van der Waals surface area contributed by atoms with Gasteiger partial charge in [0.1, 0.15) is 11.5 Å². The van der Waals surface area contributed by atoms with Gasteiger partial charge in [0.15, 0.2) is 5.82 Å². The third kappa shape index (κ3) is 6.05. The molecule has 0 bridgehead atoms. The fourth-order valence-electron chi connectivity index (χ4n) is 4.97. The Morgan fingerprint density at radius 3 is 2.30 bits per heavy atom. The summed E-state index contributed by atoms with van der Waals surface area (Å²) < 4.78 is 12.5. The largest absolute Gasteiger partial charge is 0.497 e. The van der Waals surface area contributed by atoms with Crippen LogP contribution >= 0.6 is 0 Å². The highest BCUT2D eigenvalue weighted by Crippen LogP contribution is 2.28. The molecule has 0 aliphatic heterocycles. The molecule has 2 heterocycles. The molecule has 0 unspecified atom stereocenters. The number of hydrogen-bond acceptors (Lipinski definition) is 7. The van der Waals surface area contributed by atoms with Crippen molar-refractivity contribution in [2.45, 2.75) is 45.9 Å². The van der Waals surface area contributed by atoms with Gasteiger partial charge in [-0.1, -0.05) is 48.9 Å². The van der Waals surface area contributed by atoms with Crippen molar-refractivity contribution in [2.24, 2.45) is 0 Å². The predicted molar refractivity (Wildman–Crippen MR) is 154 cm³/mol. The van der Waals surface area contributed by atoms with Crippen LogP contribution in [0.2, 0.25) is 0 Å². The van der Waals surface area contributed by atoms with Crippen LogP contribution in [0, 0.1) is 6.92 Å². The van der Waals surface area contributed by atoms with Crippen molar-refractivity contribution in [3.05, 3.63) is 111 Å². The van der Waals surface area contributed by atoms with E-state index in [2.05, 4.69) is 63.5 Å². The molecule has 1 atom stereocenters. The van der Waals surface area contributed by atoms with Crippen LogP contribution in [0.25, 0.3) is 10.9 Å². The number of H-pyrrole nitrogens is 1. The maximum Gasteiger partial charge on any atom is 0.252 e. The van der Waals surface area contributed by atoms with Gasteiger partial charge in [-0.2, -0.15) is 0 Å². The highest BCUT2D eigenvalue weighted by molar-refractivity contribution is 5.80. The van der Waals surface area contributed by atoms with Crippen LogP contribution in [0.3, 0.4) is 0 Å². The summed E-state index contributed by atoms with van der Waals surface area (Å²) >= 11 is 0. The van der Waals surface area contributed by atoms with Gasteiger partial charge >= 0.3 is 0 Å². The van der Waals surface area contributed by atoms with Crippen LogP contribution in [0.4, 0.5) is 0 Å². The Balaban J connectivity index is 1.50. The lowest BCUT2D eigenvalue weighted by molar-refractivity contribution is 0.161. The zero-order valence-electron chi connectivity index (χ0n) is 23.3. The molecular formula is C31H34N6O3. The van der Waals surface area contributed by atoms with E-state index in [0.29, 0.717) is 25.2 Å². The molecule has 9 heteroatoms. The lowest BCUT2D eigenvalue weighted by Gasteiger charge is -2.30. The van der Waals surface area contributed by atoms with Crippen molar-refractivity contribution in [1.82, 2.24) is 30.1 Å². The molecule has 5 aromatic rings. The average molecular weight is 539 g/mol. The van der Waals surface area contributed by atoms with E-state index in [1.165, 1.54) is 5.56 Å². The Kier molecular flexibility index (Phi) is 8.21. The standard InChI is InChI=1S/C31H34N6O3/c1-5-29(30-33-34-35-37(30)19-23-10-12-26(39-3)13-11-23)36(18-22-8-6-21(2)7-9-22)20-25-16-24-17-27(40-4)14-15-28(24)32-31(25)38/h6-17,29H,5,18-20H2,1-4H3,(H,32,38)/t29-/m1/s1. The first-order valence-corrected chi connectivity index (χ1v) is 13.4. The van der Waals surface area contributed by atoms with Gasteiger partial charge in [0.05, 0.1) is 26.8 Å². The van der Waals surface area contributed by atoms with Crippen LogP contribution in [0.5, 0.6) is 11.5 Å². The van der Waals surface area contributed by atoms with Gasteiger partial charge in [-0.25, -0.2) is 4.68 Å². The number of ether oxygens (including phenoxy) is 2. The summed E-state index contributed by atoms with van der Waals surface area (Å²) in [5, 5.41) is 13.7.